The summed E-state index contributed by atoms with van der Waals surface area (Å²) in [4.78, 5) is 5.81. The molecule has 0 unspecified atom stereocenters. The van der Waals surface area contributed by atoms with E-state index >= 15 is 0 Å². The first-order valence-corrected chi connectivity index (χ1v) is 6.38. The maximum absolute atomic E-state index is 5.89. The van der Waals surface area contributed by atoms with Crippen LogP contribution in [0.15, 0.2) is 67.0 Å². The number of para-hydroxylation sites is 3. The normalized spacial score (nSPS) is 11.8. The molecule has 4 heteroatoms. The monoisotopic (exact) mass is 264 g/mol. The fourth-order valence-corrected chi connectivity index (χ4v) is 2.20. The van der Waals surface area contributed by atoms with Gasteiger partial charge >= 0.3 is 0 Å². The lowest BCUT2D eigenvalue weighted by molar-refractivity contribution is 0.217. The minimum Gasteiger partial charge on any atom is -0.453 e. The predicted octanol–water partition coefficient (Wildman–Crippen LogP) is 4.18. The van der Waals surface area contributed by atoms with Gasteiger partial charge in [0.15, 0.2) is 17.2 Å². The number of anilines is 2. The summed E-state index contributed by atoms with van der Waals surface area (Å²) in [5.74, 6) is 2.29. The van der Waals surface area contributed by atoms with E-state index in [-0.39, 0.29) is 0 Å². The predicted molar refractivity (Wildman–Crippen MR) is 76.7 cm³/mol. The molecule has 4 rings (SSSR count). The first-order valence-electron chi connectivity index (χ1n) is 6.38. The fourth-order valence-electron chi connectivity index (χ4n) is 2.20. The van der Waals surface area contributed by atoms with Crippen molar-refractivity contribution < 1.29 is 9.57 Å². The number of nitrogens with one attached hydrogen (secondary N) is 1. The summed E-state index contributed by atoms with van der Waals surface area (Å²) in [6, 6.07) is 17.4. The topological polar surface area (TPSA) is 35.4 Å². The van der Waals surface area contributed by atoms with E-state index in [4.69, 9.17) is 9.57 Å². The standard InChI is InChI=1S/C16H12N2O2/c1-2-7-13-12(6-1)17-16-14(19-13)8-5-9-15(16)20-18-10-3-4-11-18/h1-11,17H. The second-order valence-electron chi connectivity index (χ2n) is 4.49. The number of ether oxygens (including phenoxy) is 1. The van der Waals surface area contributed by atoms with E-state index in [1.807, 2.05) is 67.0 Å². The molecular weight excluding hydrogens is 252 g/mol. The van der Waals surface area contributed by atoms with Crippen LogP contribution in [0.5, 0.6) is 17.2 Å². The molecule has 0 bridgehead atoms. The number of benzene rings is 2. The highest BCUT2D eigenvalue weighted by atomic mass is 16.7. The van der Waals surface area contributed by atoms with E-state index in [0.717, 1.165) is 22.9 Å². The van der Waals surface area contributed by atoms with E-state index < -0.39 is 0 Å². The second kappa shape index (κ2) is 4.35. The highest BCUT2D eigenvalue weighted by molar-refractivity contribution is 5.79. The number of nitrogens with zero attached hydrogens (tertiary/aromatic N) is 1. The Labute approximate surface area is 116 Å². The Bertz CT molecular complexity index is 751. The van der Waals surface area contributed by atoms with E-state index in [1.165, 1.54) is 0 Å². The first-order chi connectivity index (χ1) is 9.90. The molecule has 20 heavy (non-hydrogen) atoms. The van der Waals surface area contributed by atoms with Gasteiger partial charge in [-0.05, 0) is 36.4 Å². The van der Waals surface area contributed by atoms with Crippen molar-refractivity contribution in [3.05, 3.63) is 67.0 Å². The van der Waals surface area contributed by atoms with Crippen LogP contribution >= 0.6 is 0 Å². The zero-order chi connectivity index (χ0) is 13.4. The Kier molecular flexibility index (Phi) is 2.39. The van der Waals surface area contributed by atoms with Crippen LogP contribution in [-0.4, -0.2) is 4.73 Å². The molecule has 2 aromatic carbocycles. The molecule has 0 atom stereocenters. The molecule has 1 aromatic heterocycles. The number of hydrogen-bond donors (Lipinski definition) is 1. The molecule has 0 radical (unpaired) electrons. The van der Waals surface area contributed by atoms with Crippen molar-refractivity contribution in [1.29, 1.82) is 0 Å². The van der Waals surface area contributed by atoms with Gasteiger partial charge < -0.3 is 14.9 Å². The highest BCUT2D eigenvalue weighted by Gasteiger charge is 2.19. The molecule has 3 aromatic rings. The lowest BCUT2D eigenvalue weighted by Gasteiger charge is -2.23. The van der Waals surface area contributed by atoms with Crippen LogP contribution in [-0.2, 0) is 0 Å². The summed E-state index contributed by atoms with van der Waals surface area (Å²) >= 11 is 0. The van der Waals surface area contributed by atoms with E-state index in [9.17, 15) is 0 Å². The van der Waals surface area contributed by atoms with Gasteiger partial charge in [0.25, 0.3) is 0 Å². The van der Waals surface area contributed by atoms with E-state index in [0.29, 0.717) is 5.75 Å². The van der Waals surface area contributed by atoms with Crippen molar-refractivity contribution in [2.24, 2.45) is 0 Å². The summed E-state index contributed by atoms with van der Waals surface area (Å²) < 4.78 is 7.54. The minimum absolute atomic E-state index is 0.716. The molecule has 0 amide bonds. The van der Waals surface area contributed by atoms with Crippen LogP contribution in [0.3, 0.4) is 0 Å². The molecule has 0 spiro atoms. The third-order valence-electron chi connectivity index (χ3n) is 3.14. The molecule has 0 aliphatic carbocycles. The third-order valence-corrected chi connectivity index (χ3v) is 3.14. The Morgan fingerprint density at radius 2 is 1.65 bits per heavy atom. The molecule has 2 heterocycles. The molecule has 1 aliphatic rings. The molecule has 0 fully saturated rings. The summed E-state index contributed by atoms with van der Waals surface area (Å²) in [6.45, 7) is 0. The van der Waals surface area contributed by atoms with Crippen LogP contribution in [0.1, 0.15) is 0 Å². The SMILES string of the molecule is c1ccc2c(c1)Nc1c(cccc1On1cccc1)O2. The van der Waals surface area contributed by atoms with Gasteiger partial charge in [0.1, 0.15) is 5.69 Å². The Balaban J connectivity index is 1.74. The van der Waals surface area contributed by atoms with Crippen LogP contribution < -0.4 is 14.9 Å². The van der Waals surface area contributed by atoms with Crippen molar-refractivity contribution in [2.75, 3.05) is 5.32 Å². The smallest absolute Gasteiger partial charge is 0.183 e. The number of aromatic nitrogens is 1. The van der Waals surface area contributed by atoms with Gasteiger partial charge in [0, 0.05) is 12.4 Å². The van der Waals surface area contributed by atoms with Gasteiger partial charge in [-0.3, -0.25) is 0 Å². The average Bonchev–Trinajstić information content (AvgIpc) is 2.99. The van der Waals surface area contributed by atoms with Gasteiger partial charge in [0.2, 0.25) is 0 Å². The van der Waals surface area contributed by atoms with Crippen LogP contribution in [0, 0.1) is 0 Å². The average molecular weight is 264 g/mol. The molecule has 1 N–H and O–H groups in total. The van der Waals surface area contributed by atoms with Crippen LogP contribution in [0.4, 0.5) is 11.4 Å². The van der Waals surface area contributed by atoms with Crippen molar-refractivity contribution in [3.63, 3.8) is 0 Å². The third kappa shape index (κ3) is 1.78. The van der Waals surface area contributed by atoms with Gasteiger partial charge in [-0.25, -0.2) is 0 Å². The summed E-state index contributed by atoms with van der Waals surface area (Å²) in [6.07, 6.45) is 3.69. The van der Waals surface area contributed by atoms with Gasteiger partial charge in [0.05, 0.1) is 5.69 Å². The highest BCUT2D eigenvalue weighted by Crippen LogP contribution is 2.46. The zero-order valence-corrected chi connectivity index (χ0v) is 10.6. The van der Waals surface area contributed by atoms with Crippen LogP contribution in [0.2, 0.25) is 0 Å². The van der Waals surface area contributed by atoms with Gasteiger partial charge in [-0.2, -0.15) is 4.73 Å². The van der Waals surface area contributed by atoms with E-state index in [2.05, 4.69) is 5.32 Å². The number of fused-ring (bicyclic) bond motifs is 2. The van der Waals surface area contributed by atoms with E-state index in [1.54, 1.807) is 4.73 Å². The van der Waals surface area contributed by atoms with Crippen molar-refractivity contribution in [1.82, 2.24) is 4.73 Å². The second-order valence-corrected chi connectivity index (χ2v) is 4.49. The molecule has 0 saturated heterocycles. The first kappa shape index (κ1) is 11.0. The molecule has 98 valence electrons. The van der Waals surface area contributed by atoms with Gasteiger partial charge in [-0.15, -0.1) is 0 Å². The Morgan fingerprint density at radius 1 is 0.850 bits per heavy atom. The summed E-state index contributed by atoms with van der Waals surface area (Å²) in [7, 11) is 0. The quantitative estimate of drug-likeness (QED) is 0.590. The lowest BCUT2D eigenvalue weighted by atomic mass is 10.2. The Morgan fingerprint density at radius 3 is 2.55 bits per heavy atom. The number of hydrogen-bond acceptors (Lipinski definition) is 3. The van der Waals surface area contributed by atoms with Crippen molar-refractivity contribution in [3.8, 4) is 17.2 Å². The summed E-state index contributed by atoms with van der Waals surface area (Å²) in [5, 5.41) is 3.36. The maximum Gasteiger partial charge on any atom is 0.183 e. The van der Waals surface area contributed by atoms with Crippen molar-refractivity contribution in [2.45, 2.75) is 0 Å². The largest absolute Gasteiger partial charge is 0.453 e. The zero-order valence-electron chi connectivity index (χ0n) is 10.6. The van der Waals surface area contributed by atoms with Gasteiger partial charge in [-0.1, -0.05) is 18.2 Å². The Hall–Kier alpha value is -2.88. The molecule has 0 saturated carbocycles. The molecule has 1 aliphatic heterocycles. The lowest BCUT2D eigenvalue weighted by Crippen LogP contribution is -2.07. The molecule has 4 nitrogen and oxygen atoms in total. The summed E-state index contributed by atoms with van der Waals surface area (Å²) in [5.41, 5.74) is 1.77. The molecular formula is C16H12N2O2. The van der Waals surface area contributed by atoms with Crippen molar-refractivity contribution >= 4 is 11.4 Å². The minimum atomic E-state index is 0.716. The number of rotatable bonds is 2. The fraction of sp³-hybridized carbons (Fsp3) is 0. The maximum atomic E-state index is 5.89. The van der Waals surface area contributed by atoms with Crippen LogP contribution in [0.25, 0.3) is 0 Å².